The number of ether oxygens (including phenoxy) is 1. The summed E-state index contributed by atoms with van der Waals surface area (Å²) >= 11 is 1.59. The maximum atomic E-state index is 5.66. The molecule has 2 aromatic rings. The number of thiazole rings is 1. The molecule has 0 saturated heterocycles. The minimum absolute atomic E-state index is 0.548. The van der Waals surface area contributed by atoms with Crippen molar-refractivity contribution >= 4 is 11.3 Å². The standard InChI is InChI=1S/C12H13NOS/c1-9-3-10(2)5-12(4-9)14-6-11-7-15-8-13-11/h3-5,7-8H,6H2,1-2H3. The molecule has 0 spiro atoms. The first kappa shape index (κ1) is 10.2. The molecular formula is C12H13NOS. The number of rotatable bonds is 3. The van der Waals surface area contributed by atoms with E-state index in [1.807, 2.05) is 23.0 Å². The predicted octanol–water partition coefficient (Wildman–Crippen LogP) is 3.34. The molecular weight excluding hydrogens is 206 g/mol. The highest BCUT2D eigenvalue weighted by atomic mass is 32.1. The van der Waals surface area contributed by atoms with Crippen molar-refractivity contribution in [1.29, 1.82) is 0 Å². The maximum Gasteiger partial charge on any atom is 0.131 e. The Morgan fingerprint density at radius 3 is 2.53 bits per heavy atom. The summed E-state index contributed by atoms with van der Waals surface area (Å²) in [5, 5.41) is 2.00. The van der Waals surface area contributed by atoms with Crippen LogP contribution in [0.2, 0.25) is 0 Å². The number of hydrogen-bond donors (Lipinski definition) is 0. The van der Waals surface area contributed by atoms with E-state index in [1.54, 1.807) is 11.3 Å². The normalized spacial score (nSPS) is 10.3. The van der Waals surface area contributed by atoms with Gasteiger partial charge in [-0.25, -0.2) is 4.98 Å². The Morgan fingerprint density at radius 2 is 1.93 bits per heavy atom. The quantitative estimate of drug-likeness (QED) is 0.790. The van der Waals surface area contributed by atoms with Gasteiger partial charge in [-0.2, -0.15) is 0 Å². The van der Waals surface area contributed by atoms with Gasteiger partial charge in [0.25, 0.3) is 0 Å². The molecule has 0 aliphatic rings. The average molecular weight is 219 g/mol. The minimum Gasteiger partial charge on any atom is -0.487 e. The molecule has 2 nitrogen and oxygen atoms in total. The summed E-state index contributed by atoms with van der Waals surface area (Å²) in [5.74, 6) is 0.917. The molecule has 3 heteroatoms. The van der Waals surface area contributed by atoms with Gasteiger partial charge >= 0.3 is 0 Å². The zero-order valence-electron chi connectivity index (χ0n) is 8.86. The zero-order valence-corrected chi connectivity index (χ0v) is 9.67. The molecule has 0 aliphatic heterocycles. The predicted molar refractivity (Wildman–Crippen MR) is 62.4 cm³/mol. The largest absolute Gasteiger partial charge is 0.487 e. The van der Waals surface area contributed by atoms with Crippen molar-refractivity contribution in [2.24, 2.45) is 0 Å². The molecule has 0 saturated carbocycles. The van der Waals surface area contributed by atoms with Crippen molar-refractivity contribution in [2.45, 2.75) is 20.5 Å². The first-order chi connectivity index (χ1) is 7.24. The van der Waals surface area contributed by atoms with Crippen molar-refractivity contribution in [3.8, 4) is 5.75 Å². The van der Waals surface area contributed by atoms with Crippen LogP contribution in [0.4, 0.5) is 0 Å². The summed E-state index contributed by atoms with van der Waals surface area (Å²) in [4.78, 5) is 4.17. The van der Waals surface area contributed by atoms with E-state index < -0.39 is 0 Å². The van der Waals surface area contributed by atoms with Crippen LogP contribution in [0.3, 0.4) is 0 Å². The van der Waals surface area contributed by atoms with Crippen molar-refractivity contribution in [2.75, 3.05) is 0 Å². The number of benzene rings is 1. The third kappa shape index (κ3) is 2.80. The fourth-order valence-corrected chi connectivity index (χ4v) is 2.03. The number of aryl methyl sites for hydroxylation is 2. The molecule has 1 heterocycles. The molecule has 0 radical (unpaired) electrons. The average Bonchev–Trinajstić information content (AvgIpc) is 2.65. The Kier molecular flexibility index (Phi) is 3.02. The van der Waals surface area contributed by atoms with Crippen LogP contribution in [0, 0.1) is 13.8 Å². The molecule has 15 heavy (non-hydrogen) atoms. The second-order valence-corrected chi connectivity index (χ2v) is 4.31. The van der Waals surface area contributed by atoms with Crippen LogP contribution in [0.5, 0.6) is 5.75 Å². The lowest BCUT2D eigenvalue weighted by Crippen LogP contribution is -1.96. The highest BCUT2D eigenvalue weighted by Gasteiger charge is 1.99. The van der Waals surface area contributed by atoms with Crippen molar-refractivity contribution in [3.63, 3.8) is 0 Å². The van der Waals surface area contributed by atoms with Gasteiger partial charge in [-0.15, -0.1) is 11.3 Å². The topological polar surface area (TPSA) is 22.1 Å². The van der Waals surface area contributed by atoms with E-state index in [4.69, 9.17) is 4.74 Å². The first-order valence-electron chi connectivity index (χ1n) is 4.82. The maximum absolute atomic E-state index is 5.66. The van der Waals surface area contributed by atoms with Gasteiger partial charge in [0.1, 0.15) is 12.4 Å². The van der Waals surface area contributed by atoms with E-state index in [-0.39, 0.29) is 0 Å². The van der Waals surface area contributed by atoms with Gasteiger partial charge in [0.15, 0.2) is 0 Å². The van der Waals surface area contributed by atoms with Crippen molar-refractivity contribution < 1.29 is 4.74 Å². The van der Waals surface area contributed by atoms with Crippen LogP contribution in [-0.2, 0) is 6.61 Å². The van der Waals surface area contributed by atoms with Gasteiger partial charge in [-0.1, -0.05) is 6.07 Å². The number of nitrogens with zero attached hydrogens (tertiary/aromatic N) is 1. The van der Waals surface area contributed by atoms with Crippen LogP contribution < -0.4 is 4.74 Å². The van der Waals surface area contributed by atoms with Crippen LogP contribution in [0.25, 0.3) is 0 Å². The summed E-state index contributed by atoms with van der Waals surface area (Å²) in [6.07, 6.45) is 0. The Balaban J connectivity index is 2.05. The Labute approximate surface area is 93.6 Å². The smallest absolute Gasteiger partial charge is 0.131 e. The fourth-order valence-electron chi connectivity index (χ4n) is 1.48. The molecule has 0 bridgehead atoms. The van der Waals surface area contributed by atoms with Crippen molar-refractivity contribution in [1.82, 2.24) is 4.98 Å². The van der Waals surface area contributed by atoms with Gasteiger partial charge in [-0.05, 0) is 37.1 Å². The fraction of sp³-hybridized carbons (Fsp3) is 0.250. The second-order valence-electron chi connectivity index (χ2n) is 3.59. The summed E-state index contributed by atoms with van der Waals surface area (Å²) in [6, 6.07) is 6.22. The van der Waals surface area contributed by atoms with E-state index in [1.165, 1.54) is 11.1 Å². The Hall–Kier alpha value is -1.35. The van der Waals surface area contributed by atoms with E-state index in [0.29, 0.717) is 6.61 Å². The Bertz CT molecular complexity index is 417. The molecule has 2 rings (SSSR count). The highest BCUT2D eigenvalue weighted by molar-refractivity contribution is 7.07. The molecule has 1 aromatic heterocycles. The third-order valence-electron chi connectivity index (χ3n) is 2.07. The summed E-state index contributed by atoms with van der Waals surface area (Å²) in [6.45, 7) is 4.69. The van der Waals surface area contributed by atoms with Gasteiger partial charge in [0, 0.05) is 5.38 Å². The molecule has 0 unspecified atom stereocenters. The summed E-state index contributed by atoms with van der Waals surface area (Å²) in [7, 11) is 0. The molecule has 0 fully saturated rings. The summed E-state index contributed by atoms with van der Waals surface area (Å²) in [5.41, 5.74) is 5.26. The van der Waals surface area contributed by atoms with E-state index in [2.05, 4.69) is 24.9 Å². The lowest BCUT2D eigenvalue weighted by atomic mass is 10.1. The van der Waals surface area contributed by atoms with Gasteiger partial charge < -0.3 is 4.74 Å². The molecule has 0 amide bonds. The first-order valence-corrected chi connectivity index (χ1v) is 5.76. The van der Waals surface area contributed by atoms with E-state index in [9.17, 15) is 0 Å². The lowest BCUT2D eigenvalue weighted by Gasteiger charge is -2.06. The third-order valence-corrected chi connectivity index (χ3v) is 2.70. The van der Waals surface area contributed by atoms with Gasteiger partial charge in [-0.3, -0.25) is 0 Å². The molecule has 78 valence electrons. The van der Waals surface area contributed by atoms with Crippen LogP contribution in [-0.4, -0.2) is 4.98 Å². The number of aromatic nitrogens is 1. The van der Waals surface area contributed by atoms with Crippen LogP contribution in [0.1, 0.15) is 16.8 Å². The van der Waals surface area contributed by atoms with Crippen LogP contribution >= 0.6 is 11.3 Å². The van der Waals surface area contributed by atoms with E-state index >= 15 is 0 Å². The lowest BCUT2D eigenvalue weighted by molar-refractivity contribution is 0.302. The minimum atomic E-state index is 0.548. The molecule has 0 N–H and O–H groups in total. The molecule has 1 aromatic carbocycles. The molecule has 0 aliphatic carbocycles. The van der Waals surface area contributed by atoms with Gasteiger partial charge in [0.05, 0.1) is 11.2 Å². The highest BCUT2D eigenvalue weighted by Crippen LogP contribution is 2.17. The van der Waals surface area contributed by atoms with Crippen molar-refractivity contribution in [3.05, 3.63) is 45.9 Å². The SMILES string of the molecule is Cc1cc(C)cc(OCc2cscn2)c1. The summed E-state index contributed by atoms with van der Waals surface area (Å²) < 4.78 is 5.66. The molecule has 0 atom stereocenters. The zero-order chi connectivity index (χ0) is 10.7. The van der Waals surface area contributed by atoms with Gasteiger partial charge in [0.2, 0.25) is 0 Å². The monoisotopic (exact) mass is 219 g/mol. The van der Waals surface area contributed by atoms with Crippen LogP contribution in [0.15, 0.2) is 29.1 Å². The van der Waals surface area contributed by atoms with E-state index in [0.717, 1.165) is 11.4 Å². The second kappa shape index (κ2) is 4.45. The Morgan fingerprint density at radius 1 is 1.20 bits per heavy atom. The number of hydrogen-bond acceptors (Lipinski definition) is 3.